The maximum absolute atomic E-state index is 14.2. The number of hydrogen-bond acceptors (Lipinski definition) is 6. The summed E-state index contributed by atoms with van der Waals surface area (Å²) >= 11 is 1.15. The van der Waals surface area contributed by atoms with Crippen molar-refractivity contribution in [1.29, 1.82) is 0 Å². The van der Waals surface area contributed by atoms with Crippen molar-refractivity contribution in [2.75, 3.05) is 18.0 Å². The lowest BCUT2D eigenvalue weighted by molar-refractivity contribution is -0.151. The van der Waals surface area contributed by atoms with E-state index in [2.05, 4.69) is 4.98 Å². The number of amides is 2. The Hall–Kier alpha value is -3.66. The first-order valence-corrected chi connectivity index (χ1v) is 11.9. The molecule has 0 saturated carbocycles. The van der Waals surface area contributed by atoms with Crippen LogP contribution in [0.15, 0.2) is 53.9 Å². The molecule has 4 rings (SSSR count). The zero-order valence-corrected chi connectivity index (χ0v) is 19.8. The molecule has 2 aromatic carbocycles. The highest BCUT2D eigenvalue weighted by Gasteiger charge is 2.29. The number of carbonyl (C=O) groups excluding carboxylic acids is 3. The fourth-order valence-electron chi connectivity index (χ4n) is 3.86. The van der Waals surface area contributed by atoms with Gasteiger partial charge in [-0.05, 0) is 49.2 Å². The number of piperidine rings is 1. The zero-order chi connectivity index (χ0) is 24.9. The quantitative estimate of drug-likeness (QED) is 0.460. The summed E-state index contributed by atoms with van der Waals surface area (Å²) in [6.45, 7) is 2.04. The largest absolute Gasteiger partial charge is 0.459 e. The Balaban J connectivity index is 1.31. The van der Waals surface area contributed by atoms with Crippen LogP contribution >= 0.6 is 11.3 Å². The summed E-state index contributed by atoms with van der Waals surface area (Å²) in [7, 11) is 0. The minimum absolute atomic E-state index is 0.0763. The molecule has 0 spiro atoms. The lowest BCUT2D eigenvalue weighted by Crippen LogP contribution is -2.40. The van der Waals surface area contributed by atoms with Crippen LogP contribution in [0.5, 0.6) is 0 Å². The fourth-order valence-corrected chi connectivity index (χ4v) is 4.73. The minimum Gasteiger partial charge on any atom is -0.459 e. The van der Waals surface area contributed by atoms with Gasteiger partial charge >= 0.3 is 5.97 Å². The number of ether oxygens (including phenoxy) is 1. The van der Waals surface area contributed by atoms with Gasteiger partial charge in [0.05, 0.1) is 17.3 Å². The highest BCUT2D eigenvalue weighted by molar-refractivity contribution is 7.14. The van der Waals surface area contributed by atoms with Crippen molar-refractivity contribution < 1.29 is 27.9 Å². The molecule has 0 unspecified atom stereocenters. The van der Waals surface area contributed by atoms with E-state index in [-0.39, 0.29) is 35.2 Å². The molecule has 1 aliphatic rings. The lowest BCUT2D eigenvalue weighted by atomic mass is 9.96. The van der Waals surface area contributed by atoms with Gasteiger partial charge in [0.1, 0.15) is 18.2 Å². The maximum atomic E-state index is 14.2. The van der Waals surface area contributed by atoms with Gasteiger partial charge < -0.3 is 9.64 Å². The molecule has 1 fully saturated rings. The number of aromatic nitrogens is 1. The third-order valence-corrected chi connectivity index (χ3v) is 6.58. The normalized spacial score (nSPS) is 14.0. The van der Waals surface area contributed by atoms with Gasteiger partial charge in [-0.1, -0.05) is 12.1 Å². The standard InChI is InChI=1S/C25H23F2N3O4S/c1-16(31)30(22-5-3-2-4-21(22)27)25-28-20(15-35-25)14-34-24(33)18-10-12-29(13-11-18)23(32)17-6-8-19(26)9-7-17/h2-9,15,18H,10-14H2,1H3. The second-order valence-corrected chi connectivity index (χ2v) is 8.94. The molecule has 2 amide bonds. The summed E-state index contributed by atoms with van der Waals surface area (Å²) < 4.78 is 32.7. The van der Waals surface area contributed by atoms with E-state index in [1.54, 1.807) is 16.3 Å². The number of likely N-dealkylation sites (tertiary alicyclic amines) is 1. The summed E-state index contributed by atoms with van der Waals surface area (Å²) in [6.07, 6.45) is 0.916. The highest BCUT2D eigenvalue weighted by atomic mass is 32.1. The van der Waals surface area contributed by atoms with Crippen molar-refractivity contribution in [1.82, 2.24) is 9.88 Å². The molecule has 0 bridgehead atoms. The van der Waals surface area contributed by atoms with Crippen LogP contribution in [0.1, 0.15) is 35.8 Å². The molecule has 0 N–H and O–H groups in total. The number of rotatable bonds is 6. The van der Waals surface area contributed by atoms with Crippen molar-refractivity contribution in [3.05, 3.63) is 76.8 Å². The average molecular weight is 500 g/mol. The molecule has 1 aliphatic heterocycles. The van der Waals surface area contributed by atoms with Gasteiger partial charge in [-0.2, -0.15) is 0 Å². The highest BCUT2D eigenvalue weighted by Crippen LogP contribution is 2.31. The van der Waals surface area contributed by atoms with E-state index >= 15 is 0 Å². The second-order valence-electron chi connectivity index (χ2n) is 8.11. The van der Waals surface area contributed by atoms with E-state index in [4.69, 9.17) is 4.74 Å². The first-order valence-electron chi connectivity index (χ1n) is 11.0. The molecule has 182 valence electrons. The molecular formula is C25H23F2N3O4S. The summed E-state index contributed by atoms with van der Waals surface area (Å²) in [5.41, 5.74) is 0.950. The van der Waals surface area contributed by atoms with Crippen molar-refractivity contribution in [2.24, 2.45) is 5.92 Å². The molecule has 1 aromatic heterocycles. The average Bonchev–Trinajstić information content (AvgIpc) is 3.32. The summed E-state index contributed by atoms with van der Waals surface area (Å²) in [5.74, 6) is -2.28. The van der Waals surface area contributed by atoms with Crippen LogP contribution in [0.25, 0.3) is 0 Å². The van der Waals surface area contributed by atoms with Crippen LogP contribution in [-0.2, 0) is 20.9 Å². The number of halogens is 2. The number of carbonyl (C=O) groups is 3. The number of anilines is 2. The summed E-state index contributed by atoms with van der Waals surface area (Å²) in [4.78, 5) is 44.4. The van der Waals surface area contributed by atoms with E-state index in [0.29, 0.717) is 37.2 Å². The predicted octanol–water partition coefficient (Wildman–Crippen LogP) is 4.70. The lowest BCUT2D eigenvalue weighted by Gasteiger charge is -2.31. The molecule has 0 radical (unpaired) electrons. The van der Waals surface area contributed by atoms with Gasteiger partial charge in [0.25, 0.3) is 5.91 Å². The van der Waals surface area contributed by atoms with E-state index in [9.17, 15) is 23.2 Å². The van der Waals surface area contributed by atoms with Crippen LogP contribution in [0.3, 0.4) is 0 Å². The minimum atomic E-state index is -0.546. The summed E-state index contributed by atoms with van der Waals surface area (Å²) in [5, 5.41) is 1.94. The topological polar surface area (TPSA) is 79.8 Å². The zero-order valence-electron chi connectivity index (χ0n) is 18.9. The van der Waals surface area contributed by atoms with Gasteiger partial charge in [0, 0.05) is 31.0 Å². The molecule has 0 aliphatic carbocycles. The molecule has 10 heteroatoms. The summed E-state index contributed by atoms with van der Waals surface area (Å²) in [6, 6.07) is 11.3. The third kappa shape index (κ3) is 5.71. The third-order valence-electron chi connectivity index (χ3n) is 5.71. The Bertz CT molecular complexity index is 1220. The Labute approximate surface area is 204 Å². The number of nitrogens with zero attached hydrogens (tertiary/aromatic N) is 3. The molecule has 35 heavy (non-hydrogen) atoms. The number of para-hydroxylation sites is 1. The fraction of sp³-hybridized carbons (Fsp3) is 0.280. The Morgan fingerprint density at radius 1 is 1.09 bits per heavy atom. The van der Waals surface area contributed by atoms with Gasteiger partial charge in [-0.15, -0.1) is 11.3 Å². The van der Waals surface area contributed by atoms with Gasteiger partial charge in [0.2, 0.25) is 5.91 Å². The monoisotopic (exact) mass is 499 g/mol. The molecule has 3 aromatic rings. The van der Waals surface area contributed by atoms with Gasteiger partial charge in [-0.25, -0.2) is 13.8 Å². The number of hydrogen-bond donors (Lipinski definition) is 0. The number of benzene rings is 2. The first kappa shape index (κ1) is 24.5. The maximum Gasteiger partial charge on any atom is 0.309 e. The second kappa shape index (κ2) is 10.7. The molecule has 1 saturated heterocycles. The molecule has 2 heterocycles. The van der Waals surface area contributed by atoms with Crippen LogP contribution in [0.2, 0.25) is 0 Å². The van der Waals surface area contributed by atoms with E-state index in [1.165, 1.54) is 54.3 Å². The number of esters is 1. The van der Waals surface area contributed by atoms with Crippen molar-refractivity contribution in [2.45, 2.75) is 26.4 Å². The molecule has 0 atom stereocenters. The Morgan fingerprint density at radius 2 is 1.77 bits per heavy atom. The van der Waals surface area contributed by atoms with Gasteiger partial charge in [0.15, 0.2) is 5.13 Å². The van der Waals surface area contributed by atoms with Crippen molar-refractivity contribution in [3.8, 4) is 0 Å². The Kier molecular flexibility index (Phi) is 7.50. The van der Waals surface area contributed by atoms with Crippen LogP contribution in [0.4, 0.5) is 19.6 Å². The predicted molar refractivity (Wildman–Crippen MR) is 126 cm³/mol. The smallest absolute Gasteiger partial charge is 0.309 e. The van der Waals surface area contributed by atoms with Gasteiger partial charge in [-0.3, -0.25) is 19.3 Å². The van der Waals surface area contributed by atoms with Crippen molar-refractivity contribution in [3.63, 3.8) is 0 Å². The van der Waals surface area contributed by atoms with Crippen LogP contribution in [-0.4, -0.2) is 40.8 Å². The van der Waals surface area contributed by atoms with Crippen molar-refractivity contribution >= 4 is 39.9 Å². The Morgan fingerprint density at radius 3 is 2.43 bits per heavy atom. The van der Waals surface area contributed by atoms with E-state index in [0.717, 1.165) is 11.3 Å². The molecular weight excluding hydrogens is 476 g/mol. The van der Waals surface area contributed by atoms with E-state index < -0.39 is 17.5 Å². The SMILES string of the molecule is CC(=O)N(c1nc(COC(=O)C2CCN(C(=O)c3ccc(F)cc3)CC2)cs1)c1ccccc1F. The van der Waals surface area contributed by atoms with Crippen LogP contribution in [0, 0.1) is 17.6 Å². The van der Waals surface area contributed by atoms with E-state index in [1.807, 2.05) is 0 Å². The first-order chi connectivity index (χ1) is 16.8. The molecule has 7 nitrogen and oxygen atoms in total. The number of thiazole rings is 1. The van der Waals surface area contributed by atoms with Crippen LogP contribution < -0.4 is 4.90 Å².